The van der Waals surface area contributed by atoms with E-state index in [1.165, 1.54) is 13.2 Å². The zero-order chi connectivity index (χ0) is 17.1. The first-order valence-electron chi connectivity index (χ1n) is 7.70. The lowest BCUT2D eigenvalue weighted by Gasteiger charge is -2.22. The number of ketones is 1. The Bertz CT molecular complexity index is 810. The molecule has 0 aliphatic heterocycles. The van der Waals surface area contributed by atoms with E-state index in [0.29, 0.717) is 37.3 Å². The van der Waals surface area contributed by atoms with Crippen molar-refractivity contribution in [3.05, 3.63) is 55.6 Å². The summed E-state index contributed by atoms with van der Waals surface area (Å²) in [5, 5.41) is 4.58. The predicted octanol–water partition coefficient (Wildman–Crippen LogP) is 1.73. The first-order valence-corrected chi connectivity index (χ1v) is 8.58. The highest BCUT2D eigenvalue weighted by molar-refractivity contribution is 7.10. The average molecular weight is 346 g/mol. The smallest absolute Gasteiger partial charge is 0.261 e. The van der Waals surface area contributed by atoms with Crippen LogP contribution >= 0.6 is 11.3 Å². The quantitative estimate of drug-likeness (QED) is 0.807. The molecule has 0 saturated heterocycles. The summed E-state index contributed by atoms with van der Waals surface area (Å²) in [6.45, 7) is 0.663. The normalized spacial score (nSPS) is 16.7. The van der Waals surface area contributed by atoms with Crippen LogP contribution in [-0.2, 0) is 11.2 Å². The maximum absolute atomic E-state index is 12.5. The minimum absolute atomic E-state index is 0.0345. The lowest BCUT2D eigenvalue weighted by atomic mass is 9.84. The van der Waals surface area contributed by atoms with Gasteiger partial charge in [0.15, 0.2) is 5.78 Å². The molecule has 0 aromatic carbocycles. The molecule has 1 aliphatic rings. The number of carbonyl (C=O) groups excluding carboxylic acids is 2. The van der Waals surface area contributed by atoms with Gasteiger partial charge in [-0.15, -0.1) is 11.3 Å². The summed E-state index contributed by atoms with van der Waals surface area (Å²) in [6.07, 6.45) is 0.993. The maximum atomic E-state index is 12.5. The Hall–Kier alpha value is -2.25. The van der Waals surface area contributed by atoms with Crippen LogP contribution < -0.4 is 10.9 Å². The van der Waals surface area contributed by atoms with Gasteiger partial charge in [0, 0.05) is 42.1 Å². The number of nitrogens with one attached hydrogen (secondary N) is 2. The van der Waals surface area contributed by atoms with Crippen molar-refractivity contribution in [3.63, 3.8) is 0 Å². The minimum Gasteiger partial charge on any atom is -0.383 e. The molecule has 7 heteroatoms. The molecule has 0 saturated carbocycles. The van der Waals surface area contributed by atoms with Gasteiger partial charge in [-0.2, -0.15) is 0 Å². The standard InChI is InChI=1S/C17H18N2O4S/c1-23-5-4-18-16(21)12-9-11-13(19-17(12)22)7-10(8-14(11)20)15-3-2-6-24-15/h2-3,6,9-10H,4-5,7-8H2,1H3,(H,18,21)(H,19,22)/t10-/m0/s1. The second-order valence-electron chi connectivity index (χ2n) is 5.70. The molecule has 0 radical (unpaired) electrons. The molecule has 1 atom stereocenters. The first-order chi connectivity index (χ1) is 11.6. The van der Waals surface area contributed by atoms with E-state index in [0.717, 1.165) is 4.88 Å². The lowest BCUT2D eigenvalue weighted by Crippen LogP contribution is -2.34. The van der Waals surface area contributed by atoms with Gasteiger partial charge in [0.05, 0.1) is 6.61 Å². The van der Waals surface area contributed by atoms with Gasteiger partial charge in [-0.1, -0.05) is 6.07 Å². The van der Waals surface area contributed by atoms with Gasteiger partial charge in [-0.3, -0.25) is 14.4 Å². The van der Waals surface area contributed by atoms with Gasteiger partial charge in [-0.05, 0) is 23.9 Å². The molecule has 6 nitrogen and oxygen atoms in total. The number of pyridine rings is 1. The average Bonchev–Trinajstić information content (AvgIpc) is 3.08. The SMILES string of the molecule is COCCNC(=O)c1cc2c([nH]c1=O)C[C@H](c1cccs1)CC2=O. The van der Waals surface area contributed by atoms with Crippen LogP contribution in [0.1, 0.15) is 43.6 Å². The lowest BCUT2D eigenvalue weighted by molar-refractivity contribution is 0.0935. The van der Waals surface area contributed by atoms with E-state index >= 15 is 0 Å². The Morgan fingerprint density at radius 3 is 2.96 bits per heavy atom. The number of H-pyrrole nitrogens is 1. The molecule has 0 spiro atoms. The number of Topliss-reactive ketones (excluding diaryl/α,β-unsaturated/α-hetero) is 1. The number of hydrogen-bond donors (Lipinski definition) is 2. The van der Waals surface area contributed by atoms with Crippen molar-refractivity contribution in [2.45, 2.75) is 18.8 Å². The summed E-state index contributed by atoms with van der Waals surface area (Å²) >= 11 is 1.61. The Morgan fingerprint density at radius 1 is 1.42 bits per heavy atom. The van der Waals surface area contributed by atoms with Crippen LogP contribution in [0.4, 0.5) is 0 Å². The molecule has 2 aromatic rings. The van der Waals surface area contributed by atoms with Crippen molar-refractivity contribution < 1.29 is 14.3 Å². The molecule has 24 heavy (non-hydrogen) atoms. The Balaban J connectivity index is 1.86. The maximum Gasteiger partial charge on any atom is 0.261 e. The molecule has 126 valence electrons. The van der Waals surface area contributed by atoms with E-state index in [2.05, 4.69) is 10.3 Å². The topological polar surface area (TPSA) is 88.3 Å². The fraction of sp³-hybridized carbons (Fsp3) is 0.353. The molecule has 3 rings (SSSR count). The number of aromatic nitrogens is 1. The van der Waals surface area contributed by atoms with Gasteiger partial charge in [-0.25, -0.2) is 0 Å². The Kier molecular flexibility index (Phi) is 4.92. The largest absolute Gasteiger partial charge is 0.383 e. The number of amides is 1. The van der Waals surface area contributed by atoms with E-state index < -0.39 is 11.5 Å². The van der Waals surface area contributed by atoms with Crippen LogP contribution in [-0.4, -0.2) is 36.9 Å². The molecule has 2 N–H and O–H groups in total. The van der Waals surface area contributed by atoms with Crippen molar-refractivity contribution >= 4 is 23.0 Å². The number of rotatable bonds is 5. The van der Waals surface area contributed by atoms with E-state index in [1.54, 1.807) is 11.3 Å². The third-order valence-electron chi connectivity index (χ3n) is 4.09. The second kappa shape index (κ2) is 7.11. The van der Waals surface area contributed by atoms with Crippen LogP contribution in [0.25, 0.3) is 0 Å². The van der Waals surface area contributed by atoms with E-state index in [-0.39, 0.29) is 17.3 Å². The fourth-order valence-corrected chi connectivity index (χ4v) is 3.72. The van der Waals surface area contributed by atoms with Gasteiger partial charge in [0.2, 0.25) is 0 Å². The molecule has 2 heterocycles. The Labute approximate surface area is 142 Å². The molecular formula is C17H18N2O4S. The number of aromatic amines is 1. The van der Waals surface area contributed by atoms with Crippen molar-refractivity contribution in [2.24, 2.45) is 0 Å². The summed E-state index contributed by atoms with van der Waals surface area (Å²) in [6, 6.07) is 5.38. The van der Waals surface area contributed by atoms with Crippen LogP contribution in [0.5, 0.6) is 0 Å². The van der Waals surface area contributed by atoms with Crippen LogP contribution in [0.2, 0.25) is 0 Å². The van der Waals surface area contributed by atoms with Crippen LogP contribution in [0.15, 0.2) is 28.4 Å². The van der Waals surface area contributed by atoms with Crippen LogP contribution in [0, 0.1) is 0 Å². The van der Waals surface area contributed by atoms with Crippen molar-refractivity contribution in [1.29, 1.82) is 0 Å². The van der Waals surface area contributed by atoms with Crippen molar-refractivity contribution in [3.8, 4) is 0 Å². The highest BCUT2D eigenvalue weighted by Gasteiger charge is 2.29. The highest BCUT2D eigenvalue weighted by Crippen LogP contribution is 2.33. The fourth-order valence-electron chi connectivity index (χ4n) is 2.89. The monoisotopic (exact) mass is 346 g/mol. The summed E-state index contributed by atoms with van der Waals surface area (Å²) in [5.74, 6) is -0.455. The molecule has 1 aliphatic carbocycles. The van der Waals surface area contributed by atoms with E-state index in [4.69, 9.17) is 4.74 Å². The molecular weight excluding hydrogens is 328 g/mol. The van der Waals surface area contributed by atoms with Crippen LogP contribution in [0.3, 0.4) is 0 Å². The number of fused-ring (bicyclic) bond motifs is 1. The van der Waals surface area contributed by atoms with E-state index in [1.807, 2.05) is 17.5 Å². The Morgan fingerprint density at radius 2 is 2.25 bits per heavy atom. The van der Waals surface area contributed by atoms with Gasteiger partial charge in [0.1, 0.15) is 5.56 Å². The molecule has 0 unspecified atom stereocenters. The highest BCUT2D eigenvalue weighted by atomic mass is 32.1. The third kappa shape index (κ3) is 3.32. The number of hydrogen-bond acceptors (Lipinski definition) is 5. The molecule has 1 amide bonds. The molecule has 0 bridgehead atoms. The van der Waals surface area contributed by atoms with Gasteiger partial charge < -0.3 is 15.0 Å². The minimum atomic E-state index is -0.496. The predicted molar refractivity (Wildman–Crippen MR) is 91.0 cm³/mol. The second-order valence-corrected chi connectivity index (χ2v) is 6.68. The number of methoxy groups -OCH3 is 1. The zero-order valence-electron chi connectivity index (χ0n) is 13.3. The number of carbonyl (C=O) groups is 2. The van der Waals surface area contributed by atoms with Crippen molar-refractivity contribution in [1.82, 2.24) is 10.3 Å². The summed E-state index contributed by atoms with van der Waals surface area (Å²) in [5.41, 5.74) is 0.554. The van der Waals surface area contributed by atoms with E-state index in [9.17, 15) is 14.4 Å². The number of ether oxygens (including phenoxy) is 1. The zero-order valence-corrected chi connectivity index (χ0v) is 14.1. The first kappa shape index (κ1) is 16.6. The number of thiophene rings is 1. The summed E-state index contributed by atoms with van der Waals surface area (Å²) < 4.78 is 4.86. The van der Waals surface area contributed by atoms with Gasteiger partial charge >= 0.3 is 0 Å². The molecule has 0 fully saturated rings. The summed E-state index contributed by atoms with van der Waals surface area (Å²) in [7, 11) is 1.53. The van der Waals surface area contributed by atoms with Crippen molar-refractivity contribution in [2.75, 3.05) is 20.3 Å². The molecule has 2 aromatic heterocycles. The van der Waals surface area contributed by atoms with Gasteiger partial charge in [0.25, 0.3) is 11.5 Å². The summed E-state index contributed by atoms with van der Waals surface area (Å²) in [4.78, 5) is 40.6. The third-order valence-corrected chi connectivity index (χ3v) is 5.12.